The van der Waals surface area contributed by atoms with Crippen molar-refractivity contribution in [2.75, 3.05) is 12.5 Å². The zero-order valence-electron chi connectivity index (χ0n) is 10.9. The van der Waals surface area contributed by atoms with E-state index in [-0.39, 0.29) is 30.4 Å². The zero-order valence-corrected chi connectivity index (χ0v) is 10.9. The third-order valence-electron chi connectivity index (χ3n) is 3.35. The number of rotatable bonds is 2. The van der Waals surface area contributed by atoms with Crippen molar-refractivity contribution < 1.29 is 9.47 Å². The molecule has 0 aliphatic carbocycles. The Balaban J connectivity index is 1.79. The lowest BCUT2D eigenvalue weighted by atomic mass is 10.2. The van der Waals surface area contributed by atoms with E-state index < -0.39 is 0 Å². The molecule has 1 aromatic carbocycles. The zero-order chi connectivity index (χ0) is 14.4. The van der Waals surface area contributed by atoms with Crippen LogP contribution in [0.15, 0.2) is 29.3 Å². The maximum absolute atomic E-state index is 12.4. The molecule has 1 aliphatic rings. The van der Waals surface area contributed by atoms with E-state index in [1.165, 1.54) is 10.9 Å². The number of nitrogens with one attached hydrogen (secondary N) is 1. The van der Waals surface area contributed by atoms with Crippen LogP contribution in [0.4, 0.5) is 5.95 Å². The van der Waals surface area contributed by atoms with E-state index in [1.54, 1.807) is 6.07 Å². The lowest BCUT2D eigenvalue weighted by Crippen LogP contribution is -2.25. The van der Waals surface area contributed by atoms with Gasteiger partial charge in [-0.1, -0.05) is 6.07 Å². The number of nitrogens with zero attached hydrogens (tertiary/aromatic N) is 3. The summed E-state index contributed by atoms with van der Waals surface area (Å²) < 4.78 is 12.0. The number of hydrogen-bond acceptors (Lipinski definition) is 6. The molecule has 0 saturated heterocycles. The van der Waals surface area contributed by atoms with E-state index in [1.807, 2.05) is 12.1 Å². The van der Waals surface area contributed by atoms with Crippen LogP contribution in [0.5, 0.6) is 11.5 Å². The number of H-pyrrole nitrogens is 1. The number of ether oxygens (including phenoxy) is 2. The highest BCUT2D eigenvalue weighted by Crippen LogP contribution is 2.32. The summed E-state index contributed by atoms with van der Waals surface area (Å²) in [6, 6.07) is 5.48. The summed E-state index contributed by atoms with van der Waals surface area (Å²) >= 11 is 0. The van der Waals surface area contributed by atoms with Crippen LogP contribution in [0.1, 0.15) is 5.56 Å². The van der Waals surface area contributed by atoms with Gasteiger partial charge in [-0.2, -0.15) is 4.98 Å². The molecule has 0 spiro atoms. The topological polar surface area (TPSA) is 108 Å². The predicted molar refractivity (Wildman–Crippen MR) is 74.2 cm³/mol. The fourth-order valence-corrected chi connectivity index (χ4v) is 2.31. The van der Waals surface area contributed by atoms with Gasteiger partial charge in [-0.15, -0.1) is 0 Å². The van der Waals surface area contributed by atoms with Gasteiger partial charge in [-0.05, 0) is 17.7 Å². The van der Waals surface area contributed by atoms with Gasteiger partial charge in [0.25, 0.3) is 5.56 Å². The lowest BCUT2D eigenvalue weighted by Gasteiger charge is -2.09. The average Bonchev–Trinajstić information content (AvgIpc) is 3.11. The molecule has 3 heterocycles. The minimum absolute atomic E-state index is 0.134. The first kappa shape index (κ1) is 11.8. The van der Waals surface area contributed by atoms with Crippen molar-refractivity contribution in [1.29, 1.82) is 0 Å². The van der Waals surface area contributed by atoms with E-state index in [0.717, 1.165) is 5.56 Å². The molecule has 3 N–H and O–H groups in total. The molecule has 0 bridgehead atoms. The SMILES string of the molecule is Nc1nc2[nH]cnc2c(=O)n1Cc1ccc2c(c1)OCO2. The van der Waals surface area contributed by atoms with Crippen molar-refractivity contribution in [3.8, 4) is 11.5 Å². The quantitative estimate of drug-likeness (QED) is 0.709. The van der Waals surface area contributed by atoms with Crippen LogP contribution in [0.25, 0.3) is 11.2 Å². The van der Waals surface area contributed by atoms with Gasteiger partial charge in [0.2, 0.25) is 12.7 Å². The summed E-state index contributed by atoms with van der Waals surface area (Å²) in [5.41, 5.74) is 7.10. The molecule has 3 aromatic rings. The van der Waals surface area contributed by atoms with Crippen LogP contribution < -0.4 is 20.8 Å². The third kappa shape index (κ3) is 1.80. The number of anilines is 1. The summed E-state index contributed by atoms with van der Waals surface area (Å²) in [6.45, 7) is 0.499. The van der Waals surface area contributed by atoms with E-state index in [2.05, 4.69) is 15.0 Å². The number of hydrogen-bond donors (Lipinski definition) is 2. The summed E-state index contributed by atoms with van der Waals surface area (Å²) in [5, 5.41) is 0. The van der Waals surface area contributed by atoms with Crippen molar-refractivity contribution in [3.05, 3.63) is 40.4 Å². The summed E-state index contributed by atoms with van der Waals surface area (Å²) in [4.78, 5) is 23.2. The second kappa shape index (κ2) is 4.23. The Kier molecular flexibility index (Phi) is 2.37. The van der Waals surface area contributed by atoms with Gasteiger partial charge in [0, 0.05) is 0 Å². The monoisotopic (exact) mass is 285 g/mol. The molecular weight excluding hydrogens is 274 g/mol. The predicted octanol–water partition coefficient (Wildman–Crippen LogP) is 0.479. The highest BCUT2D eigenvalue weighted by atomic mass is 16.7. The summed E-state index contributed by atoms with van der Waals surface area (Å²) in [7, 11) is 0. The Morgan fingerprint density at radius 3 is 3.10 bits per heavy atom. The number of imidazole rings is 1. The van der Waals surface area contributed by atoms with Gasteiger partial charge < -0.3 is 20.2 Å². The van der Waals surface area contributed by atoms with Crippen molar-refractivity contribution in [2.24, 2.45) is 0 Å². The third-order valence-corrected chi connectivity index (χ3v) is 3.35. The number of aromatic amines is 1. The minimum atomic E-state index is -0.281. The van der Waals surface area contributed by atoms with Gasteiger partial charge in [-0.3, -0.25) is 9.36 Å². The molecule has 8 heteroatoms. The molecule has 21 heavy (non-hydrogen) atoms. The van der Waals surface area contributed by atoms with Crippen LogP contribution in [-0.4, -0.2) is 26.3 Å². The van der Waals surface area contributed by atoms with Crippen molar-refractivity contribution >= 4 is 17.1 Å². The molecule has 2 aromatic heterocycles. The van der Waals surface area contributed by atoms with Gasteiger partial charge >= 0.3 is 0 Å². The van der Waals surface area contributed by atoms with Crippen LogP contribution >= 0.6 is 0 Å². The second-order valence-electron chi connectivity index (χ2n) is 4.65. The summed E-state index contributed by atoms with van der Waals surface area (Å²) in [5.74, 6) is 1.49. The average molecular weight is 285 g/mol. The largest absolute Gasteiger partial charge is 0.454 e. The molecule has 0 amide bonds. The molecule has 0 unspecified atom stereocenters. The summed E-state index contributed by atoms with van der Waals surface area (Å²) in [6.07, 6.45) is 1.42. The maximum Gasteiger partial charge on any atom is 0.283 e. The van der Waals surface area contributed by atoms with E-state index in [0.29, 0.717) is 17.1 Å². The lowest BCUT2D eigenvalue weighted by molar-refractivity contribution is 0.174. The normalized spacial score (nSPS) is 13.0. The first-order valence-corrected chi connectivity index (χ1v) is 6.30. The first-order valence-electron chi connectivity index (χ1n) is 6.30. The second-order valence-corrected chi connectivity index (χ2v) is 4.65. The molecule has 0 radical (unpaired) electrons. The highest BCUT2D eigenvalue weighted by Gasteiger charge is 2.15. The number of nitrogen functional groups attached to an aromatic ring is 1. The molecule has 0 saturated carbocycles. The van der Waals surface area contributed by atoms with E-state index >= 15 is 0 Å². The Bertz CT molecular complexity index is 898. The Labute approximate surface area is 118 Å². The smallest absolute Gasteiger partial charge is 0.283 e. The van der Waals surface area contributed by atoms with Crippen molar-refractivity contribution in [1.82, 2.24) is 19.5 Å². The first-order chi connectivity index (χ1) is 10.2. The van der Waals surface area contributed by atoms with Gasteiger partial charge in [0.1, 0.15) is 0 Å². The fourth-order valence-electron chi connectivity index (χ4n) is 2.31. The number of aromatic nitrogens is 4. The molecular formula is C13H11N5O3. The van der Waals surface area contributed by atoms with Crippen LogP contribution in [0, 0.1) is 0 Å². The molecule has 1 aliphatic heterocycles. The van der Waals surface area contributed by atoms with Crippen LogP contribution in [-0.2, 0) is 6.54 Å². The van der Waals surface area contributed by atoms with E-state index in [9.17, 15) is 4.79 Å². The Morgan fingerprint density at radius 2 is 2.19 bits per heavy atom. The van der Waals surface area contributed by atoms with Gasteiger partial charge in [0.05, 0.1) is 12.9 Å². The number of nitrogens with two attached hydrogens (primary N) is 1. The number of fused-ring (bicyclic) bond motifs is 2. The van der Waals surface area contributed by atoms with Gasteiger partial charge in [0.15, 0.2) is 22.7 Å². The molecule has 8 nitrogen and oxygen atoms in total. The van der Waals surface area contributed by atoms with Crippen LogP contribution in [0.2, 0.25) is 0 Å². The number of benzene rings is 1. The highest BCUT2D eigenvalue weighted by molar-refractivity contribution is 5.69. The fraction of sp³-hybridized carbons (Fsp3) is 0.154. The van der Waals surface area contributed by atoms with Crippen molar-refractivity contribution in [2.45, 2.75) is 6.54 Å². The maximum atomic E-state index is 12.4. The minimum Gasteiger partial charge on any atom is -0.454 e. The van der Waals surface area contributed by atoms with Gasteiger partial charge in [-0.25, -0.2) is 4.98 Å². The molecule has 0 atom stereocenters. The van der Waals surface area contributed by atoms with E-state index in [4.69, 9.17) is 15.2 Å². The van der Waals surface area contributed by atoms with Crippen molar-refractivity contribution in [3.63, 3.8) is 0 Å². The Hall–Kier alpha value is -3.03. The molecule has 106 valence electrons. The van der Waals surface area contributed by atoms with Crippen LogP contribution in [0.3, 0.4) is 0 Å². The molecule has 4 rings (SSSR count). The Morgan fingerprint density at radius 1 is 1.33 bits per heavy atom. The molecule has 0 fully saturated rings. The standard InChI is InChI=1S/C13H11N5O3/c14-13-17-11-10(15-5-16-11)12(19)18(13)4-7-1-2-8-9(3-7)21-6-20-8/h1-3,5H,4,6H2,(H2,14,17)(H,15,16).